The molecule has 110 valence electrons. The third kappa shape index (κ3) is 3.83. The number of amides is 2. The number of rotatable bonds is 3. The molecular formula is C13H17BrN2O4. The van der Waals surface area contributed by atoms with E-state index < -0.39 is 5.91 Å². The average molecular weight is 345 g/mol. The SMILES string of the molecule is C[C@@H]1CN(C(=O)CNC(=O)c2ccc(Br)o2)C[C@H](C)O1. The van der Waals surface area contributed by atoms with Gasteiger partial charge in [-0.3, -0.25) is 9.59 Å². The molecule has 0 saturated carbocycles. The second-order valence-electron chi connectivity index (χ2n) is 4.84. The van der Waals surface area contributed by atoms with Crippen molar-refractivity contribution in [3.05, 3.63) is 22.6 Å². The van der Waals surface area contributed by atoms with E-state index in [9.17, 15) is 9.59 Å². The molecule has 2 amide bonds. The Morgan fingerprint density at radius 1 is 1.35 bits per heavy atom. The highest BCUT2D eigenvalue weighted by molar-refractivity contribution is 9.10. The molecule has 1 aromatic heterocycles. The first-order valence-electron chi connectivity index (χ1n) is 6.42. The van der Waals surface area contributed by atoms with Crippen molar-refractivity contribution in [2.75, 3.05) is 19.6 Å². The van der Waals surface area contributed by atoms with Gasteiger partial charge in [0, 0.05) is 13.1 Å². The molecule has 2 rings (SSSR count). The largest absolute Gasteiger partial charge is 0.444 e. The van der Waals surface area contributed by atoms with E-state index in [1.54, 1.807) is 17.0 Å². The Kier molecular flexibility index (Phi) is 4.82. The summed E-state index contributed by atoms with van der Waals surface area (Å²) in [4.78, 5) is 25.5. The van der Waals surface area contributed by atoms with Crippen molar-refractivity contribution < 1.29 is 18.7 Å². The molecule has 0 radical (unpaired) electrons. The summed E-state index contributed by atoms with van der Waals surface area (Å²) < 4.78 is 11.2. The molecule has 1 saturated heterocycles. The highest BCUT2D eigenvalue weighted by atomic mass is 79.9. The number of nitrogens with zero attached hydrogens (tertiary/aromatic N) is 1. The molecule has 2 heterocycles. The van der Waals surface area contributed by atoms with E-state index in [-0.39, 0.29) is 30.4 Å². The fraction of sp³-hybridized carbons (Fsp3) is 0.538. The van der Waals surface area contributed by atoms with E-state index in [1.165, 1.54) is 0 Å². The highest BCUT2D eigenvalue weighted by Gasteiger charge is 2.26. The van der Waals surface area contributed by atoms with E-state index in [4.69, 9.17) is 9.15 Å². The van der Waals surface area contributed by atoms with Gasteiger partial charge in [0.25, 0.3) is 5.91 Å². The van der Waals surface area contributed by atoms with E-state index in [1.807, 2.05) is 13.8 Å². The van der Waals surface area contributed by atoms with Crippen LogP contribution in [-0.4, -0.2) is 48.6 Å². The maximum atomic E-state index is 12.0. The van der Waals surface area contributed by atoms with Crippen LogP contribution < -0.4 is 5.32 Å². The molecule has 0 spiro atoms. The number of nitrogens with one attached hydrogen (secondary N) is 1. The van der Waals surface area contributed by atoms with Gasteiger partial charge < -0.3 is 19.4 Å². The second kappa shape index (κ2) is 6.41. The summed E-state index contributed by atoms with van der Waals surface area (Å²) in [6.07, 6.45) is 0.0267. The van der Waals surface area contributed by atoms with Gasteiger partial charge in [-0.1, -0.05) is 0 Å². The fourth-order valence-corrected chi connectivity index (χ4v) is 2.48. The van der Waals surface area contributed by atoms with Gasteiger partial charge >= 0.3 is 0 Å². The number of hydrogen-bond acceptors (Lipinski definition) is 4. The van der Waals surface area contributed by atoms with Crippen molar-refractivity contribution in [2.24, 2.45) is 0 Å². The van der Waals surface area contributed by atoms with Crippen LogP contribution in [0.4, 0.5) is 0 Å². The van der Waals surface area contributed by atoms with Gasteiger partial charge in [0.05, 0.1) is 18.8 Å². The molecule has 1 N–H and O–H groups in total. The monoisotopic (exact) mass is 344 g/mol. The summed E-state index contributed by atoms with van der Waals surface area (Å²) in [7, 11) is 0. The molecule has 7 heteroatoms. The predicted octanol–water partition coefficient (Wildman–Crippen LogP) is 1.41. The van der Waals surface area contributed by atoms with Crippen molar-refractivity contribution in [3.63, 3.8) is 0 Å². The van der Waals surface area contributed by atoms with Crippen LogP contribution in [0.5, 0.6) is 0 Å². The van der Waals surface area contributed by atoms with Crippen LogP contribution in [-0.2, 0) is 9.53 Å². The van der Waals surface area contributed by atoms with E-state index in [0.717, 1.165) is 0 Å². The lowest BCUT2D eigenvalue weighted by atomic mass is 10.2. The third-order valence-electron chi connectivity index (χ3n) is 2.97. The summed E-state index contributed by atoms with van der Waals surface area (Å²) in [5.74, 6) is -0.349. The van der Waals surface area contributed by atoms with Crippen LogP contribution in [0, 0.1) is 0 Å². The zero-order valence-electron chi connectivity index (χ0n) is 11.4. The Balaban J connectivity index is 1.84. The van der Waals surface area contributed by atoms with Gasteiger partial charge in [-0.05, 0) is 41.9 Å². The number of hydrogen-bond donors (Lipinski definition) is 1. The Morgan fingerprint density at radius 2 is 2.00 bits per heavy atom. The number of carbonyl (C=O) groups is 2. The Labute approximate surface area is 125 Å². The number of halogens is 1. The molecule has 2 atom stereocenters. The van der Waals surface area contributed by atoms with Gasteiger partial charge in [0.15, 0.2) is 10.4 Å². The van der Waals surface area contributed by atoms with Gasteiger partial charge in [0.2, 0.25) is 5.91 Å². The Morgan fingerprint density at radius 3 is 2.55 bits per heavy atom. The van der Waals surface area contributed by atoms with Crippen LogP contribution >= 0.6 is 15.9 Å². The zero-order valence-corrected chi connectivity index (χ0v) is 13.0. The number of morpholine rings is 1. The standard InChI is InChI=1S/C13H17BrN2O4/c1-8-6-16(7-9(2)19-8)12(17)5-15-13(18)10-3-4-11(14)20-10/h3-4,8-9H,5-7H2,1-2H3,(H,15,18)/t8-,9+. The molecule has 1 fully saturated rings. The lowest BCUT2D eigenvalue weighted by Crippen LogP contribution is -2.51. The number of furan rings is 1. The van der Waals surface area contributed by atoms with Crippen LogP contribution in [0.1, 0.15) is 24.4 Å². The fourth-order valence-electron chi connectivity index (χ4n) is 2.17. The average Bonchev–Trinajstić information content (AvgIpc) is 2.81. The maximum absolute atomic E-state index is 12.0. The minimum Gasteiger partial charge on any atom is -0.444 e. The van der Waals surface area contributed by atoms with Crippen molar-refractivity contribution in [3.8, 4) is 0 Å². The third-order valence-corrected chi connectivity index (χ3v) is 3.40. The van der Waals surface area contributed by atoms with Crippen LogP contribution in [0.2, 0.25) is 0 Å². The van der Waals surface area contributed by atoms with Crippen molar-refractivity contribution >= 4 is 27.7 Å². The molecule has 6 nitrogen and oxygen atoms in total. The molecule has 0 aromatic carbocycles. The minimum absolute atomic E-state index is 0.0134. The number of carbonyl (C=O) groups excluding carboxylic acids is 2. The second-order valence-corrected chi connectivity index (χ2v) is 5.62. The Bertz CT molecular complexity index is 492. The van der Waals surface area contributed by atoms with Crippen LogP contribution in [0.25, 0.3) is 0 Å². The minimum atomic E-state index is -0.404. The van der Waals surface area contributed by atoms with Gasteiger partial charge in [-0.25, -0.2) is 0 Å². The van der Waals surface area contributed by atoms with Crippen LogP contribution in [0.15, 0.2) is 21.2 Å². The summed E-state index contributed by atoms with van der Waals surface area (Å²) in [5, 5.41) is 2.55. The normalized spacial score (nSPS) is 22.6. The summed E-state index contributed by atoms with van der Waals surface area (Å²) in [5.41, 5.74) is 0. The molecule has 0 bridgehead atoms. The lowest BCUT2D eigenvalue weighted by Gasteiger charge is -2.35. The predicted molar refractivity (Wildman–Crippen MR) is 75.3 cm³/mol. The molecule has 20 heavy (non-hydrogen) atoms. The number of ether oxygens (including phenoxy) is 1. The molecule has 0 aliphatic carbocycles. The van der Waals surface area contributed by atoms with E-state index >= 15 is 0 Å². The Hall–Kier alpha value is -1.34. The highest BCUT2D eigenvalue weighted by Crippen LogP contribution is 2.14. The first-order chi connectivity index (χ1) is 9.45. The quantitative estimate of drug-likeness (QED) is 0.899. The van der Waals surface area contributed by atoms with Gasteiger partial charge in [-0.2, -0.15) is 0 Å². The molecule has 0 unspecified atom stereocenters. The van der Waals surface area contributed by atoms with E-state index in [0.29, 0.717) is 17.8 Å². The summed E-state index contributed by atoms with van der Waals surface area (Å²) >= 11 is 3.12. The van der Waals surface area contributed by atoms with Crippen molar-refractivity contribution in [1.29, 1.82) is 0 Å². The molecule has 1 aliphatic heterocycles. The van der Waals surface area contributed by atoms with Crippen molar-refractivity contribution in [1.82, 2.24) is 10.2 Å². The topological polar surface area (TPSA) is 71.8 Å². The van der Waals surface area contributed by atoms with Gasteiger partial charge in [-0.15, -0.1) is 0 Å². The molecule has 1 aromatic rings. The zero-order chi connectivity index (χ0) is 14.7. The molecule has 1 aliphatic rings. The van der Waals surface area contributed by atoms with Crippen molar-refractivity contribution in [2.45, 2.75) is 26.1 Å². The molecular weight excluding hydrogens is 328 g/mol. The van der Waals surface area contributed by atoms with Gasteiger partial charge in [0.1, 0.15) is 0 Å². The maximum Gasteiger partial charge on any atom is 0.287 e. The lowest BCUT2D eigenvalue weighted by molar-refractivity contribution is -0.142. The summed E-state index contributed by atoms with van der Waals surface area (Å²) in [6.45, 7) is 4.90. The van der Waals surface area contributed by atoms with Crippen LogP contribution in [0.3, 0.4) is 0 Å². The first-order valence-corrected chi connectivity index (χ1v) is 7.21. The smallest absolute Gasteiger partial charge is 0.287 e. The van der Waals surface area contributed by atoms with E-state index in [2.05, 4.69) is 21.2 Å². The first kappa shape index (κ1) is 15.1. The summed E-state index contributed by atoms with van der Waals surface area (Å²) in [6, 6.07) is 3.17.